The van der Waals surface area contributed by atoms with Gasteiger partial charge in [0, 0.05) is 47.9 Å². The molecule has 284 valence electrons. The number of pyridine rings is 1. The Kier molecular flexibility index (Phi) is 12.2. The number of hydrogen-bond donors (Lipinski definition) is 4. The molecule has 0 saturated heterocycles. The Morgan fingerprint density at radius 3 is 2.22 bits per heavy atom. The fourth-order valence-electron chi connectivity index (χ4n) is 5.76. The zero-order valence-corrected chi connectivity index (χ0v) is 33.2. The molecule has 0 unspecified atom stereocenters. The Morgan fingerprint density at radius 2 is 1.56 bits per heavy atom. The van der Waals surface area contributed by atoms with Gasteiger partial charge in [0.2, 0.25) is 0 Å². The van der Waals surface area contributed by atoms with E-state index < -0.39 is 13.2 Å². The molecule has 5 aromatic rings. The van der Waals surface area contributed by atoms with Gasteiger partial charge in [-0.15, -0.1) is 0 Å². The number of anilines is 4. The summed E-state index contributed by atoms with van der Waals surface area (Å²) < 4.78 is 30.8. The summed E-state index contributed by atoms with van der Waals surface area (Å²) in [6, 6.07) is 23.2. The van der Waals surface area contributed by atoms with Gasteiger partial charge in [0.05, 0.1) is 36.5 Å². The summed E-state index contributed by atoms with van der Waals surface area (Å²) in [6.07, 6.45) is 1.63. The number of benzene rings is 4. The highest BCUT2D eigenvalue weighted by Gasteiger charge is 2.26. The van der Waals surface area contributed by atoms with Crippen molar-refractivity contribution in [3.63, 3.8) is 0 Å². The fourth-order valence-corrected chi connectivity index (χ4v) is 6.91. The number of urea groups is 1. The summed E-state index contributed by atoms with van der Waals surface area (Å²) in [5.41, 5.74) is 2.78. The van der Waals surface area contributed by atoms with Crippen molar-refractivity contribution in [2.24, 2.45) is 0 Å². The Bertz CT molecular complexity index is 2210. The number of rotatable bonds is 13. The highest BCUT2D eigenvalue weighted by molar-refractivity contribution is 7.70. The SMILES string of the molecule is COc1cc(Nc2cc(Oc3ccc(NC(=O)Nc4cc(C(C)(C)C)cc(P(C)(C)=O)c4OC)c4ccccc34)ccn2)ccc1C(=O)NCCN(C)C. The van der Waals surface area contributed by atoms with Gasteiger partial charge in [0.25, 0.3) is 5.91 Å². The molecule has 4 aromatic carbocycles. The number of ether oxygens (including phenoxy) is 3. The van der Waals surface area contributed by atoms with Crippen molar-refractivity contribution in [3.8, 4) is 23.0 Å². The Balaban J connectivity index is 1.34. The van der Waals surface area contributed by atoms with Gasteiger partial charge in [-0.2, -0.15) is 0 Å². The first-order chi connectivity index (χ1) is 25.6. The van der Waals surface area contributed by atoms with Gasteiger partial charge < -0.3 is 44.9 Å². The Labute approximate surface area is 317 Å². The van der Waals surface area contributed by atoms with Gasteiger partial charge in [-0.1, -0.05) is 45.0 Å². The third kappa shape index (κ3) is 9.69. The van der Waals surface area contributed by atoms with Gasteiger partial charge in [-0.25, -0.2) is 9.78 Å². The number of fused-ring (bicyclic) bond motifs is 1. The average Bonchev–Trinajstić information content (AvgIpc) is 3.11. The average molecular weight is 753 g/mol. The highest BCUT2D eigenvalue weighted by atomic mass is 31.2. The molecule has 3 amide bonds. The van der Waals surface area contributed by atoms with Crippen LogP contribution in [0.2, 0.25) is 0 Å². The van der Waals surface area contributed by atoms with Crippen molar-refractivity contribution in [1.82, 2.24) is 15.2 Å². The first kappa shape index (κ1) is 39.6. The van der Waals surface area contributed by atoms with Crippen LogP contribution < -0.4 is 40.8 Å². The quantitative estimate of drug-likeness (QED) is 0.0875. The summed E-state index contributed by atoms with van der Waals surface area (Å²) >= 11 is 0. The number of hydrogen-bond acceptors (Lipinski definition) is 9. The van der Waals surface area contributed by atoms with Crippen LogP contribution in [0.25, 0.3) is 10.8 Å². The lowest BCUT2D eigenvalue weighted by atomic mass is 9.86. The van der Waals surface area contributed by atoms with E-state index in [0.29, 0.717) is 63.3 Å². The summed E-state index contributed by atoms with van der Waals surface area (Å²) in [5.74, 6) is 2.22. The second-order valence-electron chi connectivity index (χ2n) is 14.5. The van der Waals surface area contributed by atoms with Crippen LogP contribution in [0.3, 0.4) is 0 Å². The van der Waals surface area contributed by atoms with Gasteiger partial charge in [0.15, 0.2) is 5.75 Å². The molecular formula is C41H49N6O6P. The van der Waals surface area contributed by atoms with E-state index in [0.717, 1.165) is 22.9 Å². The lowest BCUT2D eigenvalue weighted by Gasteiger charge is -2.25. The molecule has 1 heterocycles. The zero-order chi connectivity index (χ0) is 39.2. The van der Waals surface area contributed by atoms with E-state index in [1.165, 1.54) is 14.2 Å². The summed E-state index contributed by atoms with van der Waals surface area (Å²) in [5, 5.41) is 14.2. The van der Waals surface area contributed by atoms with Crippen molar-refractivity contribution in [1.29, 1.82) is 0 Å². The second-order valence-corrected chi connectivity index (χ2v) is 17.7. The second kappa shape index (κ2) is 16.6. The minimum Gasteiger partial charge on any atom is -0.496 e. The largest absolute Gasteiger partial charge is 0.496 e. The lowest BCUT2D eigenvalue weighted by molar-refractivity contribution is 0.0948. The molecule has 0 radical (unpaired) electrons. The van der Waals surface area contributed by atoms with Crippen LogP contribution in [0.5, 0.6) is 23.0 Å². The van der Waals surface area contributed by atoms with Crippen molar-refractivity contribution in [2.75, 3.05) is 70.7 Å². The number of likely N-dealkylation sites (N-methyl/N-ethyl adjacent to an activating group) is 1. The van der Waals surface area contributed by atoms with Crippen LogP contribution in [0.1, 0.15) is 36.7 Å². The van der Waals surface area contributed by atoms with E-state index >= 15 is 0 Å². The molecule has 54 heavy (non-hydrogen) atoms. The van der Waals surface area contributed by atoms with E-state index in [1.807, 2.05) is 55.4 Å². The molecule has 4 N–H and O–H groups in total. The number of aromatic nitrogens is 1. The lowest BCUT2D eigenvalue weighted by Crippen LogP contribution is -2.31. The van der Waals surface area contributed by atoms with Gasteiger partial charge in [-0.05, 0) is 80.9 Å². The number of nitrogens with zero attached hydrogens (tertiary/aromatic N) is 2. The minimum absolute atomic E-state index is 0.214. The molecule has 12 nitrogen and oxygen atoms in total. The van der Waals surface area contributed by atoms with E-state index in [-0.39, 0.29) is 11.3 Å². The van der Waals surface area contributed by atoms with Crippen molar-refractivity contribution in [2.45, 2.75) is 26.2 Å². The summed E-state index contributed by atoms with van der Waals surface area (Å²) in [7, 11) is 4.18. The van der Waals surface area contributed by atoms with E-state index in [9.17, 15) is 14.2 Å². The third-order valence-corrected chi connectivity index (χ3v) is 10.1. The number of carbonyl (C=O) groups is 2. The normalized spacial score (nSPS) is 11.6. The number of amides is 3. The van der Waals surface area contributed by atoms with E-state index in [1.54, 1.807) is 62.0 Å². The van der Waals surface area contributed by atoms with Crippen molar-refractivity contribution < 1.29 is 28.4 Å². The van der Waals surface area contributed by atoms with Gasteiger partial charge >= 0.3 is 6.03 Å². The monoisotopic (exact) mass is 752 g/mol. The molecule has 0 atom stereocenters. The maximum absolute atomic E-state index is 13.5. The maximum atomic E-state index is 13.5. The molecule has 0 aliphatic carbocycles. The molecule has 0 aliphatic rings. The van der Waals surface area contributed by atoms with Crippen LogP contribution in [-0.4, -0.2) is 76.6 Å². The molecule has 0 fully saturated rings. The number of nitrogens with one attached hydrogen (secondary N) is 4. The summed E-state index contributed by atoms with van der Waals surface area (Å²) in [6.45, 7) is 10.8. The van der Waals surface area contributed by atoms with Crippen molar-refractivity contribution in [3.05, 3.63) is 96.2 Å². The molecule has 13 heteroatoms. The van der Waals surface area contributed by atoms with Crippen LogP contribution in [0, 0.1) is 0 Å². The smallest absolute Gasteiger partial charge is 0.323 e. The molecule has 0 bridgehead atoms. The standard InChI is InChI=1S/C41H49N6O6P/c1-41(2,3)26-22-33(38(52-7)36(23-26)54(8,9)50)46-40(49)45-32-16-17-34(30-13-11-10-12-29(30)32)53-28-18-19-42-37(25-28)44-27-14-15-31(35(24-27)51-6)39(48)43-20-21-47(4)5/h10-19,22-25H,20-21H2,1-9H3,(H,42,44)(H,43,48)(H2,45,46,49). The molecule has 0 saturated carbocycles. The fraction of sp³-hybridized carbons (Fsp3) is 0.293. The molecule has 1 aromatic heterocycles. The Hall–Kier alpha value is -5.58. The van der Waals surface area contributed by atoms with Crippen LogP contribution >= 0.6 is 7.14 Å². The molecule has 5 rings (SSSR count). The van der Waals surface area contributed by atoms with Crippen LogP contribution in [0.4, 0.5) is 27.7 Å². The maximum Gasteiger partial charge on any atom is 0.323 e. The Morgan fingerprint density at radius 1 is 0.833 bits per heavy atom. The first-order valence-electron chi connectivity index (χ1n) is 17.5. The molecule has 0 aliphatic heterocycles. The molecule has 0 spiro atoms. The van der Waals surface area contributed by atoms with E-state index in [2.05, 4.69) is 47.0 Å². The minimum atomic E-state index is -2.75. The van der Waals surface area contributed by atoms with Crippen LogP contribution in [-0.2, 0) is 9.98 Å². The molecular weight excluding hydrogens is 703 g/mol. The van der Waals surface area contributed by atoms with Crippen molar-refractivity contribution >= 4 is 58.0 Å². The van der Waals surface area contributed by atoms with Gasteiger partial charge in [0.1, 0.15) is 30.2 Å². The first-order valence-corrected chi connectivity index (χ1v) is 20.1. The topological polar surface area (TPSA) is 143 Å². The third-order valence-electron chi connectivity index (χ3n) is 8.62. The van der Waals surface area contributed by atoms with E-state index in [4.69, 9.17) is 14.2 Å². The summed E-state index contributed by atoms with van der Waals surface area (Å²) in [4.78, 5) is 32.7. The highest BCUT2D eigenvalue weighted by Crippen LogP contribution is 2.43. The zero-order valence-electron chi connectivity index (χ0n) is 32.3. The van der Waals surface area contributed by atoms with Gasteiger partial charge in [-0.3, -0.25) is 4.79 Å². The predicted octanol–water partition coefficient (Wildman–Crippen LogP) is 8.27. The predicted molar refractivity (Wildman–Crippen MR) is 219 cm³/mol. The number of methoxy groups -OCH3 is 2. The number of carbonyl (C=O) groups excluding carboxylic acids is 2. The van der Waals surface area contributed by atoms with Crippen LogP contribution in [0.15, 0.2) is 85.1 Å².